The molecule has 4 nitrogen and oxygen atoms in total. The van der Waals surface area contributed by atoms with Gasteiger partial charge < -0.3 is 10.2 Å². The molecule has 0 aliphatic carbocycles. The van der Waals surface area contributed by atoms with Crippen molar-refractivity contribution >= 4 is 17.5 Å². The molecule has 1 fully saturated rings. The molecule has 1 aromatic carbocycles. The Morgan fingerprint density at radius 2 is 1.89 bits per heavy atom. The van der Waals surface area contributed by atoms with Crippen LogP contribution in [0.5, 0.6) is 0 Å². The van der Waals surface area contributed by atoms with E-state index in [2.05, 4.69) is 5.32 Å². The number of piperazine rings is 1. The lowest BCUT2D eigenvalue weighted by Gasteiger charge is -2.39. The number of amides is 2. The summed E-state index contributed by atoms with van der Waals surface area (Å²) in [6, 6.07) is 7.64. The second-order valence-electron chi connectivity index (χ2n) is 4.96. The van der Waals surface area contributed by atoms with Gasteiger partial charge in [0.15, 0.2) is 0 Å². The van der Waals surface area contributed by atoms with Crippen molar-refractivity contribution in [2.75, 3.05) is 11.4 Å². The Morgan fingerprint density at radius 3 is 2.44 bits per heavy atom. The Hall–Kier alpha value is -1.84. The van der Waals surface area contributed by atoms with Crippen LogP contribution >= 0.6 is 0 Å². The smallest absolute Gasteiger partial charge is 0.252 e. The number of carbonyl (C=O) groups excluding carboxylic acids is 2. The zero-order valence-electron chi connectivity index (χ0n) is 11.0. The van der Waals surface area contributed by atoms with Gasteiger partial charge in [0, 0.05) is 5.69 Å². The average molecular weight is 246 g/mol. The molecule has 1 aromatic rings. The van der Waals surface area contributed by atoms with Crippen molar-refractivity contribution in [3.05, 3.63) is 29.8 Å². The molecular formula is C14H18N2O2. The second kappa shape index (κ2) is 4.44. The Morgan fingerprint density at radius 1 is 1.28 bits per heavy atom. The highest BCUT2D eigenvalue weighted by Crippen LogP contribution is 2.24. The first-order valence-electron chi connectivity index (χ1n) is 6.16. The minimum atomic E-state index is -0.791. The third-order valence-electron chi connectivity index (χ3n) is 3.49. The lowest BCUT2D eigenvalue weighted by atomic mass is 9.94. The molecule has 0 aromatic heterocycles. The maximum absolute atomic E-state index is 12.4. The number of carbonyl (C=O) groups is 2. The number of anilines is 1. The first kappa shape index (κ1) is 12.6. The van der Waals surface area contributed by atoms with Crippen molar-refractivity contribution in [1.82, 2.24) is 5.32 Å². The van der Waals surface area contributed by atoms with E-state index in [1.807, 2.05) is 38.1 Å². The van der Waals surface area contributed by atoms with E-state index >= 15 is 0 Å². The molecule has 4 heteroatoms. The Kier molecular flexibility index (Phi) is 3.11. The van der Waals surface area contributed by atoms with Crippen LogP contribution in [0.15, 0.2) is 24.3 Å². The highest BCUT2D eigenvalue weighted by Gasteiger charge is 2.41. The SMILES string of the molecule is CCC1(C)NC(=O)CN(c2ccc(C)cc2)C1=O. The van der Waals surface area contributed by atoms with Gasteiger partial charge in [0.1, 0.15) is 12.1 Å². The monoisotopic (exact) mass is 246 g/mol. The average Bonchev–Trinajstić information content (AvgIpc) is 2.35. The summed E-state index contributed by atoms with van der Waals surface area (Å²) in [5, 5.41) is 2.77. The molecule has 1 saturated heterocycles. The molecule has 1 aliphatic heterocycles. The van der Waals surface area contributed by atoms with Crippen LogP contribution in [0.4, 0.5) is 5.69 Å². The van der Waals surface area contributed by atoms with Gasteiger partial charge >= 0.3 is 0 Å². The van der Waals surface area contributed by atoms with Crippen LogP contribution in [0, 0.1) is 6.92 Å². The Balaban J connectivity index is 2.35. The number of aryl methyl sites for hydroxylation is 1. The van der Waals surface area contributed by atoms with E-state index in [0.29, 0.717) is 6.42 Å². The van der Waals surface area contributed by atoms with Crippen molar-refractivity contribution in [3.63, 3.8) is 0 Å². The fraction of sp³-hybridized carbons (Fsp3) is 0.429. The van der Waals surface area contributed by atoms with E-state index in [9.17, 15) is 9.59 Å². The Labute approximate surface area is 107 Å². The van der Waals surface area contributed by atoms with E-state index in [4.69, 9.17) is 0 Å². The largest absolute Gasteiger partial charge is 0.340 e. The summed E-state index contributed by atoms with van der Waals surface area (Å²) in [6.07, 6.45) is 0.583. The lowest BCUT2D eigenvalue weighted by Crippen LogP contribution is -2.65. The highest BCUT2D eigenvalue weighted by atomic mass is 16.2. The quantitative estimate of drug-likeness (QED) is 0.862. The van der Waals surface area contributed by atoms with Crippen LogP contribution < -0.4 is 10.2 Å². The van der Waals surface area contributed by atoms with Crippen molar-refractivity contribution in [1.29, 1.82) is 0 Å². The van der Waals surface area contributed by atoms with Gasteiger partial charge in [0.25, 0.3) is 5.91 Å². The molecule has 1 atom stereocenters. The van der Waals surface area contributed by atoms with E-state index in [1.165, 1.54) is 0 Å². The summed E-state index contributed by atoms with van der Waals surface area (Å²) in [7, 11) is 0. The normalized spacial score (nSPS) is 24.1. The molecule has 0 bridgehead atoms. The summed E-state index contributed by atoms with van der Waals surface area (Å²) in [5.41, 5.74) is 1.12. The minimum Gasteiger partial charge on any atom is -0.340 e. The van der Waals surface area contributed by atoms with Gasteiger partial charge in [-0.3, -0.25) is 9.59 Å². The predicted octanol–water partition coefficient (Wildman–Crippen LogP) is 1.63. The van der Waals surface area contributed by atoms with Crippen LogP contribution in [0.25, 0.3) is 0 Å². The maximum Gasteiger partial charge on any atom is 0.252 e. The first-order valence-corrected chi connectivity index (χ1v) is 6.16. The highest BCUT2D eigenvalue weighted by molar-refractivity contribution is 6.08. The van der Waals surface area contributed by atoms with Crippen LogP contribution in [-0.4, -0.2) is 23.9 Å². The van der Waals surface area contributed by atoms with Gasteiger partial charge in [-0.2, -0.15) is 0 Å². The summed E-state index contributed by atoms with van der Waals surface area (Å²) < 4.78 is 0. The predicted molar refractivity (Wildman–Crippen MR) is 70.4 cm³/mol. The molecule has 1 N–H and O–H groups in total. The topological polar surface area (TPSA) is 49.4 Å². The fourth-order valence-electron chi connectivity index (χ4n) is 2.09. The van der Waals surface area contributed by atoms with Crippen molar-refractivity contribution in [3.8, 4) is 0 Å². The van der Waals surface area contributed by atoms with Gasteiger partial charge in [-0.25, -0.2) is 0 Å². The summed E-state index contributed by atoms with van der Waals surface area (Å²) in [5.74, 6) is -0.159. The fourth-order valence-corrected chi connectivity index (χ4v) is 2.09. The molecule has 1 aliphatic rings. The number of nitrogens with one attached hydrogen (secondary N) is 1. The molecule has 2 rings (SSSR count). The molecule has 2 amide bonds. The summed E-state index contributed by atoms with van der Waals surface area (Å²) in [4.78, 5) is 25.7. The molecule has 0 spiro atoms. The van der Waals surface area contributed by atoms with Crippen LogP contribution in [0.1, 0.15) is 25.8 Å². The van der Waals surface area contributed by atoms with Crippen LogP contribution in [-0.2, 0) is 9.59 Å². The van der Waals surface area contributed by atoms with Gasteiger partial charge in [-0.05, 0) is 32.4 Å². The zero-order valence-corrected chi connectivity index (χ0v) is 11.0. The number of hydrogen-bond donors (Lipinski definition) is 1. The van der Waals surface area contributed by atoms with Crippen LogP contribution in [0.3, 0.4) is 0 Å². The van der Waals surface area contributed by atoms with Crippen molar-refractivity contribution < 1.29 is 9.59 Å². The summed E-state index contributed by atoms with van der Waals surface area (Å²) in [6.45, 7) is 5.76. The van der Waals surface area contributed by atoms with Gasteiger partial charge in [-0.15, -0.1) is 0 Å². The van der Waals surface area contributed by atoms with Crippen LogP contribution in [0.2, 0.25) is 0 Å². The van der Waals surface area contributed by atoms with Gasteiger partial charge in [0.2, 0.25) is 5.91 Å². The van der Waals surface area contributed by atoms with E-state index in [-0.39, 0.29) is 18.4 Å². The van der Waals surface area contributed by atoms with Gasteiger partial charge in [-0.1, -0.05) is 24.6 Å². The molecule has 0 saturated carbocycles. The second-order valence-corrected chi connectivity index (χ2v) is 4.96. The third-order valence-corrected chi connectivity index (χ3v) is 3.49. The van der Waals surface area contributed by atoms with E-state index in [1.54, 1.807) is 11.8 Å². The number of rotatable bonds is 2. The standard InChI is InChI=1S/C14H18N2O2/c1-4-14(3)13(18)16(9-12(17)15-14)11-7-5-10(2)6-8-11/h5-8H,4,9H2,1-3H3,(H,15,17). The third kappa shape index (κ3) is 2.10. The van der Waals surface area contributed by atoms with E-state index < -0.39 is 5.54 Å². The maximum atomic E-state index is 12.4. The number of nitrogens with zero attached hydrogens (tertiary/aromatic N) is 1. The number of benzene rings is 1. The number of hydrogen-bond acceptors (Lipinski definition) is 2. The summed E-state index contributed by atoms with van der Waals surface area (Å²) >= 11 is 0. The van der Waals surface area contributed by atoms with Crippen molar-refractivity contribution in [2.24, 2.45) is 0 Å². The lowest BCUT2D eigenvalue weighted by molar-refractivity contribution is -0.135. The molecule has 1 unspecified atom stereocenters. The van der Waals surface area contributed by atoms with Gasteiger partial charge in [0.05, 0.1) is 0 Å². The molecular weight excluding hydrogens is 228 g/mol. The zero-order chi connectivity index (χ0) is 13.3. The first-order chi connectivity index (χ1) is 8.46. The minimum absolute atomic E-state index is 0.0477. The molecule has 96 valence electrons. The van der Waals surface area contributed by atoms with Crippen molar-refractivity contribution in [2.45, 2.75) is 32.7 Å². The molecule has 0 radical (unpaired) electrons. The molecule has 18 heavy (non-hydrogen) atoms. The van der Waals surface area contributed by atoms with E-state index in [0.717, 1.165) is 11.3 Å². The molecule has 1 heterocycles. The Bertz CT molecular complexity index is 481.